The Morgan fingerprint density at radius 2 is 2.14 bits per heavy atom. The molecular weight excluding hydrogens is 327 g/mol. The number of benzene rings is 1. The molecule has 1 aromatic carbocycles. The molecule has 3 amide bonds. The maximum absolute atomic E-state index is 13.1. The number of imide groups is 1. The summed E-state index contributed by atoms with van der Waals surface area (Å²) in [5.74, 6) is -0.810. The maximum Gasteiger partial charge on any atom is 0.325 e. The average molecular weight is 339 g/mol. The number of rotatable bonds is 3. The van der Waals surface area contributed by atoms with Crippen LogP contribution in [0.1, 0.15) is 17.4 Å². The monoisotopic (exact) mass is 338 g/mol. The number of hydrogen-bond donors (Lipinski definition) is 1. The number of carbonyl (C=O) groups excluding carboxylic acids is 2. The fourth-order valence-corrected chi connectivity index (χ4v) is 3.45. The minimum absolute atomic E-state index is 0.00471. The Hall–Kier alpha value is -1.92. The minimum Gasteiger partial charge on any atom is -0.319 e. The van der Waals surface area contributed by atoms with Gasteiger partial charge in [0.15, 0.2) is 5.54 Å². The quantitative estimate of drug-likeness (QED) is 0.871. The van der Waals surface area contributed by atoms with Crippen LogP contribution in [-0.4, -0.2) is 16.8 Å². The van der Waals surface area contributed by atoms with E-state index in [0.717, 1.165) is 15.8 Å². The van der Waals surface area contributed by atoms with Crippen molar-refractivity contribution in [2.24, 2.45) is 0 Å². The first kappa shape index (κ1) is 15.0. The van der Waals surface area contributed by atoms with E-state index in [9.17, 15) is 14.0 Å². The van der Waals surface area contributed by atoms with E-state index < -0.39 is 17.4 Å². The molecule has 1 saturated heterocycles. The molecule has 22 heavy (non-hydrogen) atoms. The van der Waals surface area contributed by atoms with E-state index >= 15 is 0 Å². The Morgan fingerprint density at radius 3 is 2.77 bits per heavy atom. The van der Waals surface area contributed by atoms with Gasteiger partial charge in [0.05, 0.1) is 6.54 Å². The summed E-state index contributed by atoms with van der Waals surface area (Å²) in [6.07, 6.45) is 0. The van der Waals surface area contributed by atoms with E-state index in [-0.39, 0.29) is 17.5 Å². The zero-order chi connectivity index (χ0) is 15.9. The molecule has 2 aromatic rings. The highest BCUT2D eigenvalue weighted by molar-refractivity contribution is 7.10. The molecule has 1 N–H and O–H groups in total. The highest BCUT2D eigenvalue weighted by atomic mass is 35.5. The summed E-state index contributed by atoms with van der Waals surface area (Å²) >= 11 is 7.37. The highest BCUT2D eigenvalue weighted by Gasteiger charge is 2.49. The molecule has 0 spiro atoms. The summed E-state index contributed by atoms with van der Waals surface area (Å²) in [5.41, 5.74) is -0.556. The lowest BCUT2D eigenvalue weighted by Gasteiger charge is -2.20. The lowest BCUT2D eigenvalue weighted by molar-refractivity contribution is -0.131. The standard InChI is InChI=1S/C15H12ClFN2O2S/c1-15(12-3-2-6-22-12)13(20)19(14(21)18-15)8-9-4-5-10(17)7-11(9)16/h2-7H,8H2,1H3,(H,18,21)/t15-/m1/s1. The molecule has 1 aliphatic rings. The number of halogens is 2. The van der Waals surface area contributed by atoms with Gasteiger partial charge in [-0.1, -0.05) is 23.7 Å². The van der Waals surface area contributed by atoms with Crippen molar-refractivity contribution in [2.45, 2.75) is 19.0 Å². The molecule has 1 aromatic heterocycles. The summed E-state index contributed by atoms with van der Waals surface area (Å²) in [6, 6.07) is 7.02. The van der Waals surface area contributed by atoms with Gasteiger partial charge in [-0.25, -0.2) is 9.18 Å². The highest BCUT2D eigenvalue weighted by Crippen LogP contribution is 2.33. The third kappa shape index (κ3) is 2.38. The normalized spacial score (nSPS) is 21.3. The first-order valence-electron chi connectivity index (χ1n) is 6.54. The smallest absolute Gasteiger partial charge is 0.319 e. The van der Waals surface area contributed by atoms with Crippen LogP contribution in [0.2, 0.25) is 5.02 Å². The second-order valence-electron chi connectivity index (χ2n) is 5.16. The molecule has 3 rings (SSSR count). The molecule has 7 heteroatoms. The SMILES string of the molecule is C[C@]1(c2cccs2)NC(=O)N(Cc2ccc(F)cc2Cl)C1=O. The van der Waals surface area contributed by atoms with Crippen molar-refractivity contribution in [2.75, 3.05) is 0 Å². The van der Waals surface area contributed by atoms with Crippen LogP contribution in [0.3, 0.4) is 0 Å². The van der Waals surface area contributed by atoms with Gasteiger partial charge in [0.25, 0.3) is 5.91 Å². The van der Waals surface area contributed by atoms with Crippen LogP contribution in [0.5, 0.6) is 0 Å². The Morgan fingerprint density at radius 1 is 1.36 bits per heavy atom. The van der Waals surface area contributed by atoms with Crippen molar-refractivity contribution in [3.05, 3.63) is 57.0 Å². The number of nitrogens with one attached hydrogen (secondary N) is 1. The first-order valence-corrected chi connectivity index (χ1v) is 7.79. The third-order valence-corrected chi connectivity index (χ3v) is 5.08. The Bertz CT molecular complexity index is 750. The minimum atomic E-state index is -1.07. The van der Waals surface area contributed by atoms with E-state index in [1.807, 2.05) is 11.4 Å². The van der Waals surface area contributed by atoms with E-state index in [2.05, 4.69) is 5.32 Å². The maximum atomic E-state index is 13.1. The molecule has 0 unspecified atom stereocenters. The third-order valence-electron chi connectivity index (χ3n) is 3.63. The van der Waals surface area contributed by atoms with Gasteiger partial charge in [0.2, 0.25) is 0 Å². The number of hydrogen-bond acceptors (Lipinski definition) is 3. The van der Waals surface area contributed by atoms with Crippen LogP contribution in [-0.2, 0) is 16.9 Å². The summed E-state index contributed by atoms with van der Waals surface area (Å²) < 4.78 is 13.1. The van der Waals surface area contributed by atoms with Crippen LogP contribution in [0.4, 0.5) is 9.18 Å². The predicted molar refractivity (Wildman–Crippen MR) is 82.2 cm³/mol. The molecule has 2 heterocycles. The second kappa shape index (κ2) is 5.37. The molecule has 0 aliphatic carbocycles. The number of amides is 3. The number of thiophene rings is 1. The zero-order valence-corrected chi connectivity index (χ0v) is 13.2. The van der Waals surface area contributed by atoms with Gasteiger partial charge in [-0.3, -0.25) is 9.69 Å². The van der Waals surface area contributed by atoms with Gasteiger partial charge >= 0.3 is 6.03 Å². The van der Waals surface area contributed by atoms with E-state index in [4.69, 9.17) is 11.6 Å². The van der Waals surface area contributed by atoms with Crippen LogP contribution in [0.25, 0.3) is 0 Å². The largest absolute Gasteiger partial charge is 0.325 e. The Labute approximate surface area is 135 Å². The van der Waals surface area contributed by atoms with E-state index in [1.54, 1.807) is 13.0 Å². The van der Waals surface area contributed by atoms with Gasteiger partial charge in [0, 0.05) is 9.90 Å². The van der Waals surface area contributed by atoms with Gasteiger partial charge in [-0.05, 0) is 36.1 Å². The van der Waals surface area contributed by atoms with Crippen LogP contribution in [0, 0.1) is 5.82 Å². The van der Waals surface area contributed by atoms with Crippen LogP contribution >= 0.6 is 22.9 Å². The lowest BCUT2D eigenvalue weighted by atomic mass is 10.0. The van der Waals surface area contributed by atoms with E-state index in [1.165, 1.54) is 23.5 Å². The molecule has 1 aliphatic heterocycles. The average Bonchev–Trinajstić information content (AvgIpc) is 3.06. The second-order valence-corrected chi connectivity index (χ2v) is 6.51. The predicted octanol–water partition coefficient (Wildman–Crippen LogP) is 3.51. The topological polar surface area (TPSA) is 49.4 Å². The summed E-state index contributed by atoms with van der Waals surface area (Å²) in [6.45, 7) is 1.68. The van der Waals surface area contributed by atoms with Crippen LogP contribution < -0.4 is 5.32 Å². The van der Waals surface area contributed by atoms with Crippen LogP contribution in [0.15, 0.2) is 35.7 Å². The Kier molecular flexibility index (Phi) is 3.66. The van der Waals surface area contributed by atoms with Gasteiger partial charge in [0.1, 0.15) is 5.82 Å². The summed E-state index contributed by atoms with van der Waals surface area (Å²) in [5, 5.41) is 4.75. The first-order chi connectivity index (χ1) is 10.4. The molecule has 1 fully saturated rings. The summed E-state index contributed by atoms with van der Waals surface area (Å²) in [4.78, 5) is 26.7. The lowest BCUT2D eigenvalue weighted by Crippen LogP contribution is -2.40. The molecule has 114 valence electrons. The van der Waals surface area contributed by atoms with Crippen molar-refractivity contribution < 1.29 is 14.0 Å². The number of urea groups is 1. The summed E-state index contributed by atoms with van der Waals surface area (Å²) in [7, 11) is 0. The van der Waals surface area contributed by atoms with Crippen molar-refractivity contribution in [1.29, 1.82) is 0 Å². The van der Waals surface area contributed by atoms with Crippen molar-refractivity contribution in [1.82, 2.24) is 10.2 Å². The Balaban J connectivity index is 1.89. The molecule has 0 radical (unpaired) electrons. The van der Waals surface area contributed by atoms with Gasteiger partial charge in [-0.2, -0.15) is 0 Å². The van der Waals surface area contributed by atoms with Crippen molar-refractivity contribution in [3.63, 3.8) is 0 Å². The van der Waals surface area contributed by atoms with Crippen molar-refractivity contribution >= 4 is 34.9 Å². The number of carbonyl (C=O) groups is 2. The van der Waals surface area contributed by atoms with E-state index in [0.29, 0.717) is 5.56 Å². The zero-order valence-electron chi connectivity index (χ0n) is 11.6. The molecule has 0 bridgehead atoms. The fourth-order valence-electron chi connectivity index (χ4n) is 2.39. The molecule has 1 atom stereocenters. The fraction of sp³-hybridized carbons (Fsp3) is 0.200. The number of nitrogens with zero attached hydrogens (tertiary/aromatic N) is 1. The molecular formula is C15H12ClFN2O2S. The molecule has 4 nitrogen and oxygen atoms in total. The van der Waals surface area contributed by atoms with Gasteiger partial charge in [-0.15, -0.1) is 11.3 Å². The van der Waals surface area contributed by atoms with Crippen molar-refractivity contribution in [3.8, 4) is 0 Å². The van der Waals surface area contributed by atoms with Gasteiger partial charge < -0.3 is 5.32 Å². The molecule has 0 saturated carbocycles.